The van der Waals surface area contributed by atoms with E-state index >= 15 is 0 Å². The number of rotatable bonds is 8. The zero-order valence-corrected chi connectivity index (χ0v) is 22.0. The Labute approximate surface area is 225 Å². The van der Waals surface area contributed by atoms with E-state index in [1.54, 1.807) is 6.07 Å². The molecule has 4 heterocycles. The lowest BCUT2D eigenvalue weighted by Crippen LogP contribution is -2.35. The van der Waals surface area contributed by atoms with E-state index in [1.807, 2.05) is 60.8 Å². The van der Waals surface area contributed by atoms with Gasteiger partial charge in [-0.15, -0.1) is 20.4 Å². The number of nitrogens with zero attached hydrogens (tertiary/aromatic N) is 6. The van der Waals surface area contributed by atoms with Crippen molar-refractivity contribution < 1.29 is 9.59 Å². The largest absolute Gasteiger partial charge is 0.354 e. The summed E-state index contributed by atoms with van der Waals surface area (Å²) in [5.41, 5.74) is 2.11. The maximum absolute atomic E-state index is 12.2. The maximum Gasteiger partial charge on any atom is 0.229 e. The molecule has 3 aromatic heterocycles. The van der Waals surface area contributed by atoms with Crippen molar-refractivity contribution in [1.29, 1.82) is 0 Å². The lowest BCUT2D eigenvalue weighted by atomic mass is 9.99. The van der Waals surface area contributed by atoms with Gasteiger partial charge in [0.1, 0.15) is 5.01 Å². The normalized spacial score (nSPS) is 14.7. The molecule has 0 saturated carbocycles. The van der Waals surface area contributed by atoms with Crippen molar-refractivity contribution in [3.8, 4) is 0 Å². The van der Waals surface area contributed by atoms with Gasteiger partial charge in [0.2, 0.25) is 17.4 Å². The highest BCUT2D eigenvalue weighted by Gasteiger charge is 2.25. The molecule has 10 nitrogen and oxygen atoms in total. The summed E-state index contributed by atoms with van der Waals surface area (Å²) in [4.78, 5) is 29.0. The van der Waals surface area contributed by atoms with Gasteiger partial charge in [-0.1, -0.05) is 54.7 Å². The molecule has 0 bridgehead atoms. The number of amides is 2. The summed E-state index contributed by atoms with van der Waals surface area (Å²) in [6.07, 6.45) is 5.75. The maximum atomic E-state index is 12.2. The smallest absolute Gasteiger partial charge is 0.229 e. The monoisotopic (exact) mass is 530 g/mol. The number of aryl methyl sites for hydroxylation is 1. The van der Waals surface area contributed by atoms with Crippen LogP contribution >= 0.6 is 11.3 Å². The first-order chi connectivity index (χ1) is 18.6. The summed E-state index contributed by atoms with van der Waals surface area (Å²) < 4.78 is 0. The molecule has 1 aliphatic rings. The minimum absolute atomic E-state index is 0.128. The fourth-order valence-corrected chi connectivity index (χ4v) is 4.86. The molecule has 0 spiro atoms. The first kappa shape index (κ1) is 26.8. The number of benzene rings is 1. The van der Waals surface area contributed by atoms with E-state index in [4.69, 9.17) is 0 Å². The van der Waals surface area contributed by atoms with Crippen molar-refractivity contribution >= 4 is 40.4 Å². The molecule has 0 aliphatic carbocycles. The average molecular weight is 531 g/mol. The van der Waals surface area contributed by atoms with Crippen LogP contribution in [0.25, 0.3) is 0 Å². The predicted molar refractivity (Wildman–Crippen MR) is 148 cm³/mol. The fraction of sp³-hybridized carbons (Fsp3) is 0.296. The number of piperidine rings is 1. The Hall–Kier alpha value is -4.25. The number of carbonyl (C=O) groups excluding carboxylic acids is 2. The number of aromatic nitrogens is 5. The standard InChI is InChI=1S/C20H21N7O2S.C7H9N/c28-13-21-20-26-25-19(30-20)15-7-4-10-27(12-15)17-9-8-16(23-24-17)22-18(29)11-14-5-2-1-3-6-14;1-2-7-5-3-4-6-8-7/h1-3,5-6,8-9,13,15H,4,7,10-12H2,(H,21,26,28)(H,22,23,29);3-6H,2H2,1H3. The van der Waals surface area contributed by atoms with Crippen LogP contribution in [0.2, 0.25) is 0 Å². The van der Waals surface area contributed by atoms with Crippen molar-refractivity contribution in [3.63, 3.8) is 0 Å². The van der Waals surface area contributed by atoms with Gasteiger partial charge in [-0.2, -0.15) is 0 Å². The minimum atomic E-state index is -0.128. The van der Waals surface area contributed by atoms with Crippen molar-refractivity contribution in [2.75, 3.05) is 28.6 Å². The minimum Gasteiger partial charge on any atom is -0.354 e. The third-order valence-electron chi connectivity index (χ3n) is 5.93. The second kappa shape index (κ2) is 13.9. The molecule has 1 unspecified atom stereocenters. The van der Waals surface area contributed by atoms with E-state index in [2.05, 4.69) is 47.8 Å². The number of hydrogen-bond donors (Lipinski definition) is 2. The highest BCUT2D eigenvalue weighted by atomic mass is 32.1. The zero-order chi connectivity index (χ0) is 26.6. The van der Waals surface area contributed by atoms with E-state index in [1.165, 1.54) is 11.3 Å². The van der Waals surface area contributed by atoms with Crippen LogP contribution < -0.4 is 15.5 Å². The highest BCUT2D eigenvalue weighted by molar-refractivity contribution is 7.15. The van der Waals surface area contributed by atoms with Crippen LogP contribution in [-0.4, -0.2) is 50.8 Å². The second-order valence-electron chi connectivity index (χ2n) is 8.65. The molecule has 5 rings (SSSR count). The molecule has 11 heteroatoms. The summed E-state index contributed by atoms with van der Waals surface area (Å²) in [5, 5.41) is 23.4. The molecule has 2 amide bonds. The number of carbonyl (C=O) groups is 2. The van der Waals surface area contributed by atoms with Gasteiger partial charge in [0, 0.05) is 30.9 Å². The number of pyridine rings is 1. The SMILES string of the molecule is CCc1ccccn1.O=CNc1nnc(C2CCCN(c3ccc(NC(=O)Cc4ccccc4)nn3)C2)s1. The predicted octanol–water partition coefficient (Wildman–Crippen LogP) is 4.11. The Bertz CT molecular complexity index is 1290. The van der Waals surface area contributed by atoms with Gasteiger partial charge >= 0.3 is 0 Å². The molecular weight excluding hydrogens is 500 g/mol. The first-order valence-electron chi connectivity index (χ1n) is 12.5. The van der Waals surface area contributed by atoms with Crippen LogP contribution in [0.4, 0.5) is 16.8 Å². The fourth-order valence-electron chi connectivity index (χ4n) is 4.03. The first-order valence-corrected chi connectivity index (χ1v) is 13.3. The second-order valence-corrected chi connectivity index (χ2v) is 9.66. The third kappa shape index (κ3) is 7.87. The van der Waals surface area contributed by atoms with Crippen LogP contribution in [0.5, 0.6) is 0 Å². The summed E-state index contributed by atoms with van der Waals surface area (Å²) in [5.74, 6) is 1.29. The number of anilines is 3. The molecule has 1 aliphatic heterocycles. The van der Waals surface area contributed by atoms with E-state index in [0.717, 1.165) is 54.4 Å². The summed E-state index contributed by atoms with van der Waals surface area (Å²) in [6, 6.07) is 19.2. The van der Waals surface area contributed by atoms with Crippen molar-refractivity contribution in [1.82, 2.24) is 25.4 Å². The van der Waals surface area contributed by atoms with Gasteiger partial charge in [0.05, 0.1) is 6.42 Å². The van der Waals surface area contributed by atoms with Gasteiger partial charge < -0.3 is 15.5 Å². The molecule has 1 atom stereocenters. The number of hydrogen-bond acceptors (Lipinski definition) is 9. The summed E-state index contributed by atoms with van der Waals surface area (Å²) in [7, 11) is 0. The van der Waals surface area contributed by atoms with E-state index < -0.39 is 0 Å². The topological polar surface area (TPSA) is 126 Å². The molecule has 196 valence electrons. The van der Waals surface area contributed by atoms with Gasteiger partial charge in [0.25, 0.3) is 0 Å². The van der Waals surface area contributed by atoms with Crippen molar-refractivity contribution in [2.24, 2.45) is 0 Å². The van der Waals surface area contributed by atoms with E-state index in [0.29, 0.717) is 23.8 Å². The molecule has 38 heavy (non-hydrogen) atoms. The highest BCUT2D eigenvalue weighted by Crippen LogP contribution is 2.32. The molecule has 0 radical (unpaired) electrons. The van der Waals surface area contributed by atoms with Gasteiger partial charge in [-0.05, 0) is 49.1 Å². The van der Waals surface area contributed by atoms with Crippen molar-refractivity contribution in [2.45, 2.75) is 38.5 Å². The molecule has 1 fully saturated rings. The Balaban J connectivity index is 0.000000360. The third-order valence-corrected chi connectivity index (χ3v) is 6.95. The summed E-state index contributed by atoms with van der Waals surface area (Å²) in [6.45, 7) is 3.73. The van der Waals surface area contributed by atoms with Crippen LogP contribution in [0.1, 0.15) is 41.9 Å². The van der Waals surface area contributed by atoms with Gasteiger partial charge in [-0.25, -0.2) is 0 Å². The zero-order valence-electron chi connectivity index (χ0n) is 21.2. The van der Waals surface area contributed by atoms with Crippen LogP contribution in [0, 0.1) is 0 Å². The van der Waals surface area contributed by atoms with E-state index in [-0.39, 0.29) is 11.8 Å². The average Bonchev–Trinajstić information content (AvgIpc) is 3.44. The molecular formula is C27H30N8O2S. The molecule has 1 saturated heterocycles. The molecule has 1 aromatic carbocycles. The van der Waals surface area contributed by atoms with Crippen LogP contribution in [0.15, 0.2) is 66.9 Å². The van der Waals surface area contributed by atoms with Crippen LogP contribution in [-0.2, 0) is 22.4 Å². The van der Waals surface area contributed by atoms with Gasteiger partial charge in [0.15, 0.2) is 11.6 Å². The Morgan fingerprint density at radius 3 is 2.58 bits per heavy atom. The molecule has 2 N–H and O–H groups in total. The Morgan fingerprint density at radius 1 is 1.05 bits per heavy atom. The quantitative estimate of drug-likeness (QED) is 0.326. The number of nitrogens with one attached hydrogen (secondary N) is 2. The van der Waals surface area contributed by atoms with Crippen molar-refractivity contribution in [3.05, 3.63) is 83.1 Å². The van der Waals surface area contributed by atoms with E-state index in [9.17, 15) is 9.59 Å². The Morgan fingerprint density at radius 2 is 1.89 bits per heavy atom. The van der Waals surface area contributed by atoms with Crippen LogP contribution in [0.3, 0.4) is 0 Å². The molecule has 4 aromatic rings. The lowest BCUT2D eigenvalue weighted by molar-refractivity contribution is -0.115. The van der Waals surface area contributed by atoms with Gasteiger partial charge in [-0.3, -0.25) is 14.6 Å². The lowest BCUT2D eigenvalue weighted by Gasteiger charge is -2.32. The summed E-state index contributed by atoms with van der Waals surface area (Å²) >= 11 is 1.40. The Kier molecular flexibility index (Phi) is 9.80.